The minimum Gasteiger partial charge on any atom is -0.478 e. The van der Waals surface area contributed by atoms with E-state index in [1.165, 1.54) is 17.1 Å². The lowest BCUT2D eigenvalue weighted by Gasteiger charge is -2.02. The predicted octanol–water partition coefficient (Wildman–Crippen LogP) is 0.917. The first-order valence-electron chi connectivity index (χ1n) is 4.51. The van der Waals surface area contributed by atoms with Crippen LogP contribution in [0.5, 0.6) is 0 Å². The van der Waals surface area contributed by atoms with E-state index >= 15 is 0 Å². The Kier molecular flexibility index (Phi) is 2.65. The number of carboxylic acids is 1. The fraction of sp³-hybridized carbons (Fsp3) is 0. The minimum atomic E-state index is -1.39. The first-order valence-corrected chi connectivity index (χ1v) is 4.51. The number of pyridine rings is 1. The van der Waals surface area contributed by atoms with E-state index in [1.807, 2.05) is 0 Å². The maximum Gasteiger partial charge on any atom is 0.338 e. The fourth-order valence-electron chi connectivity index (χ4n) is 1.24. The molecule has 2 aromatic heterocycles. The molecular weight excluding hydrogens is 229 g/mol. The number of aromatic nitrogens is 3. The summed E-state index contributed by atoms with van der Waals surface area (Å²) >= 11 is 0. The zero-order valence-electron chi connectivity index (χ0n) is 8.37. The Balaban J connectivity index is 2.49. The molecule has 0 aliphatic heterocycles. The second-order valence-corrected chi connectivity index (χ2v) is 3.16. The third-order valence-corrected chi connectivity index (χ3v) is 2.04. The van der Waals surface area contributed by atoms with Crippen molar-refractivity contribution in [2.75, 3.05) is 0 Å². The number of carbonyl (C=O) groups excluding carboxylic acids is 1. The van der Waals surface area contributed by atoms with Crippen molar-refractivity contribution in [3.05, 3.63) is 41.6 Å². The Morgan fingerprint density at radius 1 is 1.47 bits per heavy atom. The molecule has 0 spiro atoms. The van der Waals surface area contributed by atoms with Gasteiger partial charge in [-0.2, -0.15) is 5.10 Å². The average Bonchev–Trinajstić information content (AvgIpc) is 2.78. The highest BCUT2D eigenvalue weighted by Crippen LogP contribution is 2.11. The van der Waals surface area contributed by atoms with E-state index in [9.17, 15) is 14.0 Å². The number of rotatable bonds is 3. The molecule has 0 fully saturated rings. The number of hydrogen-bond donors (Lipinski definition) is 1. The standard InChI is InChI=1S/C10H6FN3O3/c11-8-3-12-9(1-7(8)10(16)17)14-4-6(5-15)2-13-14/h1-5H,(H,16,17). The first kappa shape index (κ1) is 10.9. The van der Waals surface area contributed by atoms with Crippen LogP contribution in [0.25, 0.3) is 5.82 Å². The highest BCUT2D eigenvalue weighted by atomic mass is 19.1. The SMILES string of the molecule is O=Cc1cnn(-c2cc(C(=O)O)c(F)cn2)c1. The molecule has 0 saturated heterocycles. The molecule has 0 aliphatic carbocycles. The zero-order valence-corrected chi connectivity index (χ0v) is 8.37. The summed E-state index contributed by atoms with van der Waals surface area (Å²) < 4.78 is 14.3. The molecular formula is C10H6FN3O3. The summed E-state index contributed by atoms with van der Waals surface area (Å²) in [7, 11) is 0. The summed E-state index contributed by atoms with van der Waals surface area (Å²) in [6.45, 7) is 0. The molecule has 0 aromatic carbocycles. The van der Waals surface area contributed by atoms with Gasteiger partial charge in [0.2, 0.25) is 0 Å². The predicted molar refractivity (Wildman–Crippen MR) is 53.7 cm³/mol. The van der Waals surface area contributed by atoms with Crippen molar-refractivity contribution in [3.8, 4) is 5.82 Å². The van der Waals surface area contributed by atoms with Crippen LogP contribution in [0.4, 0.5) is 4.39 Å². The molecule has 0 radical (unpaired) electrons. The van der Waals surface area contributed by atoms with E-state index in [1.54, 1.807) is 0 Å². The molecule has 7 heteroatoms. The van der Waals surface area contributed by atoms with Crippen LogP contribution in [-0.4, -0.2) is 32.1 Å². The molecule has 1 N–H and O–H groups in total. The molecule has 0 aliphatic rings. The van der Waals surface area contributed by atoms with Crippen molar-refractivity contribution < 1.29 is 19.1 Å². The molecule has 0 atom stereocenters. The van der Waals surface area contributed by atoms with E-state index in [0.717, 1.165) is 12.3 Å². The van der Waals surface area contributed by atoms with E-state index in [2.05, 4.69) is 10.1 Å². The monoisotopic (exact) mass is 235 g/mol. The highest BCUT2D eigenvalue weighted by molar-refractivity contribution is 5.88. The van der Waals surface area contributed by atoms with Gasteiger partial charge in [0, 0.05) is 12.3 Å². The molecule has 86 valence electrons. The van der Waals surface area contributed by atoms with Gasteiger partial charge in [-0.3, -0.25) is 4.79 Å². The van der Waals surface area contributed by atoms with Crippen LogP contribution in [0.3, 0.4) is 0 Å². The summed E-state index contributed by atoms with van der Waals surface area (Å²) in [6.07, 6.45) is 4.03. The molecule has 6 nitrogen and oxygen atoms in total. The van der Waals surface area contributed by atoms with Gasteiger partial charge < -0.3 is 5.11 Å². The largest absolute Gasteiger partial charge is 0.478 e. The second kappa shape index (κ2) is 4.12. The van der Waals surface area contributed by atoms with Gasteiger partial charge in [0.15, 0.2) is 17.9 Å². The lowest BCUT2D eigenvalue weighted by Crippen LogP contribution is -2.05. The van der Waals surface area contributed by atoms with Crippen molar-refractivity contribution >= 4 is 12.3 Å². The van der Waals surface area contributed by atoms with Crippen LogP contribution in [0.2, 0.25) is 0 Å². The van der Waals surface area contributed by atoms with Gasteiger partial charge >= 0.3 is 5.97 Å². The Morgan fingerprint density at radius 3 is 2.82 bits per heavy atom. The van der Waals surface area contributed by atoms with E-state index in [0.29, 0.717) is 11.8 Å². The molecule has 2 aromatic rings. The first-order chi connectivity index (χ1) is 8.11. The summed E-state index contributed by atoms with van der Waals surface area (Å²) in [6, 6.07) is 1.04. The van der Waals surface area contributed by atoms with Crippen LogP contribution >= 0.6 is 0 Å². The van der Waals surface area contributed by atoms with E-state index in [4.69, 9.17) is 5.11 Å². The number of nitrogens with zero attached hydrogens (tertiary/aromatic N) is 3. The van der Waals surface area contributed by atoms with Gasteiger partial charge in [0.05, 0.1) is 18.0 Å². The smallest absolute Gasteiger partial charge is 0.338 e. The summed E-state index contributed by atoms with van der Waals surface area (Å²) in [5, 5.41) is 12.5. The Bertz CT molecular complexity index is 594. The quantitative estimate of drug-likeness (QED) is 0.799. The van der Waals surface area contributed by atoms with E-state index in [-0.39, 0.29) is 5.82 Å². The Morgan fingerprint density at radius 2 is 2.24 bits per heavy atom. The third-order valence-electron chi connectivity index (χ3n) is 2.04. The maximum absolute atomic E-state index is 13.1. The third kappa shape index (κ3) is 2.03. The van der Waals surface area contributed by atoms with Crippen LogP contribution in [-0.2, 0) is 0 Å². The van der Waals surface area contributed by atoms with Crippen LogP contribution in [0.1, 0.15) is 20.7 Å². The van der Waals surface area contributed by atoms with Crippen molar-refractivity contribution in [1.82, 2.24) is 14.8 Å². The molecule has 2 heterocycles. The van der Waals surface area contributed by atoms with E-state index < -0.39 is 17.3 Å². The maximum atomic E-state index is 13.1. The van der Waals surface area contributed by atoms with Crippen molar-refractivity contribution in [1.29, 1.82) is 0 Å². The zero-order chi connectivity index (χ0) is 12.4. The number of carbonyl (C=O) groups is 2. The molecule has 0 unspecified atom stereocenters. The second-order valence-electron chi connectivity index (χ2n) is 3.16. The van der Waals surface area contributed by atoms with Crippen LogP contribution < -0.4 is 0 Å². The number of carboxylic acid groups (broad SMARTS) is 1. The Labute approximate surface area is 94.3 Å². The van der Waals surface area contributed by atoms with Crippen molar-refractivity contribution in [2.45, 2.75) is 0 Å². The number of hydrogen-bond acceptors (Lipinski definition) is 4. The van der Waals surface area contributed by atoms with Gasteiger partial charge in [0.1, 0.15) is 5.56 Å². The van der Waals surface area contributed by atoms with Gasteiger partial charge in [0.25, 0.3) is 0 Å². The molecule has 17 heavy (non-hydrogen) atoms. The van der Waals surface area contributed by atoms with Crippen molar-refractivity contribution in [3.63, 3.8) is 0 Å². The molecule has 2 rings (SSSR count). The molecule has 0 bridgehead atoms. The number of aldehydes is 1. The topological polar surface area (TPSA) is 85.1 Å². The highest BCUT2D eigenvalue weighted by Gasteiger charge is 2.13. The fourth-order valence-corrected chi connectivity index (χ4v) is 1.24. The average molecular weight is 235 g/mol. The molecule has 0 amide bonds. The van der Waals surface area contributed by atoms with Crippen LogP contribution in [0, 0.1) is 5.82 Å². The Hall–Kier alpha value is -2.57. The minimum absolute atomic E-state index is 0.122. The summed E-state index contributed by atoms with van der Waals surface area (Å²) in [4.78, 5) is 24.9. The van der Waals surface area contributed by atoms with Gasteiger partial charge in [-0.1, -0.05) is 0 Å². The normalized spacial score (nSPS) is 10.2. The van der Waals surface area contributed by atoms with Gasteiger partial charge in [-0.05, 0) is 0 Å². The van der Waals surface area contributed by atoms with Gasteiger partial charge in [-0.15, -0.1) is 0 Å². The summed E-state index contributed by atoms with van der Waals surface area (Å²) in [5.41, 5.74) is -0.189. The lowest BCUT2D eigenvalue weighted by atomic mass is 10.2. The van der Waals surface area contributed by atoms with Gasteiger partial charge in [-0.25, -0.2) is 18.9 Å². The van der Waals surface area contributed by atoms with Crippen molar-refractivity contribution in [2.24, 2.45) is 0 Å². The number of halogens is 1. The molecule has 0 saturated carbocycles. The number of aromatic carboxylic acids is 1. The van der Waals surface area contributed by atoms with Crippen LogP contribution in [0.15, 0.2) is 24.7 Å². The lowest BCUT2D eigenvalue weighted by molar-refractivity contribution is 0.0691. The summed E-state index contributed by atoms with van der Waals surface area (Å²) in [5.74, 6) is -2.20.